The first-order valence-electron chi connectivity index (χ1n) is 12.3. The maximum absolute atomic E-state index is 12.5. The van der Waals surface area contributed by atoms with Crippen LogP contribution >= 0.6 is 0 Å². The molecule has 1 fully saturated rings. The predicted octanol–water partition coefficient (Wildman–Crippen LogP) is 1.87. The molecule has 8 nitrogen and oxygen atoms in total. The number of anilines is 1. The molecule has 0 bridgehead atoms. The molecule has 1 N–H and O–H groups in total. The Bertz CT molecular complexity index is 1000. The van der Waals surface area contributed by atoms with Crippen molar-refractivity contribution in [3.8, 4) is 0 Å². The monoisotopic (exact) mass is 437 g/mol. The molecule has 0 amide bonds. The first-order valence-corrected chi connectivity index (χ1v) is 12.3. The summed E-state index contributed by atoms with van der Waals surface area (Å²) in [5.74, 6) is 0.872. The van der Waals surface area contributed by atoms with Gasteiger partial charge in [-0.3, -0.25) is 9.69 Å². The number of fused-ring (bicyclic) bond motifs is 2. The van der Waals surface area contributed by atoms with E-state index in [4.69, 9.17) is 5.10 Å². The SMILES string of the molecule is CN1CCc2nnc(NCC3CCCCN3CCn3nc4c(cc3=O)CCCC4)cc2C1. The Hall–Kier alpha value is -2.32. The molecule has 0 spiro atoms. The number of likely N-dealkylation sites (N-methyl/N-ethyl adjacent to an activating group) is 1. The largest absolute Gasteiger partial charge is 0.367 e. The molecule has 2 aromatic rings. The molecule has 4 heterocycles. The number of piperidine rings is 1. The van der Waals surface area contributed by atoms with Crippen LogP contribution in [0.25, 0.3) is 0 Å². The Morgan fingerprint density at radius 3 is 2.81 bits per heavy atom. The van der Waals surface area contributed by atoms with E-state index in [1.807, 2.05) is 6.07 Å². The summed E-state index contributed by atoms with van der Waals surface area (Å²) in [4.78, 5) is 17.4. The molecule has 172 valence electrons. The van der Waals surface area contributed by atoms with Gasteiger partial charge in [0.05, 0.1) is 17.9 Å². The molecule has 1 atom stereocenters. The van der Waals surface area contributed by atoms with E-state index in [1.165, 1.54) is 37.7 Å². The lowest BCUT2D eigenvalue weighted by molar-refractivity contribution is 0.147. The average Bonchev–Trinajstić information content (AvgIpc) is 2.81. The lowest BCUT2D eigenvalue weighted by Gasteiger charge is -2.36. The molecule has 2 aliphatic heterocycles. The Balaban J connectivity index is 1.20. The minimum atomic E-state index is 0.0478. The molecule has 0 radical (unpaired) electrons. The predicted molar refractivity (Wildman–Crippen MR) is 125 cm³/mol. The summed E-state index contributed by atoms with van der Waals surface area (Å²) in [6.45, 7) is 5.44. The first-order chi connectivity index (χ1) is 15.7. The molecular weight excluding hydrogens is 402 g/mol. The smallest absolute Gasteiger partial charge is 0.267 e. The van der Waals surface area contributed by atoms with E-state index in [2.05, 4.69) is 38.4 Å². The third kappa shape index (κ3) is 4.86. The van der Waals surface area contributed by atoms with Crippen LogP contribution in [0.5, 0.6) is 0 Å². The summed E-state index contributed by atoms with van der Waals surface area (Å²) in [6.07, 6.45) is 8.97. The molecule has 32 heavy (non-hydrogen) atoms. The van der Waals surface area contributed by atoms with Crippen LogP contribution in [0, 0.1) is 0 Å². The van der Waals surface area contributed by atoms with Crippen molar-refractivity contribution in [1.82, 2.24) is 29.8 Å². The van der Waals surface area contributed by atoms with Crippen molar-refractivity contribution in [1.29, 1.82) is 0 Å². The molecule has 1 unspecified atom stereocenters. The highest BCUT2D eigenvalue weighted by molar-refractivity contribution is 5.39. The summed E-state index contributed by atoms with van der Waals surface area (Å²) in [5.41, 5.74) is 4.76. The summed E-state index contributed by atoms with van der Waals surface area (Å²) >= 11 is 0. The number of hydrogen-bond donors (Lipinski definition) is 1. The average molecular weight is 438 g/mol. The first kappa shape index (κ1) is 21.5. The zero-order valence-electron chi connectivity index (χ0n) is 19.2. The van der Waals surface area contributed by atoms with Crippen LogP contribution < -0.4 is 10.9 Å². The van der Waals surface area contributed by atoms with E-state index < -0.39 is 0 Å². The molecule has 5 rings (SSSR count). The van der Waals surface area contributed by atoms with Crippen LogP contribution in [0.4, 0.5) is 5.82 Å². The van der Waals surface area contributed by atoms with E-state index in [-0.39, 0.29) is 5.56 Å². The van der Waals surface area contributed by atoms with Gasteiger partial charge in [0.15, 0.2) is 0 Å². The van der Waals surface area contributed by atoms with Crippen molar-refractivity contribution in [3.63, 3.8) is 0 Å². The highest BCUT2D eigenvalue weighted by Crippen LogP contribution is 2.21. The number of nitrogens with one attached hydrogen (secondary N) is 1. The molecule has 3 aliphatic rings. The maximum Gasteiger partial charge on any atom is 0.267 e. The van der Waals surface area contributed by atoms with Gasteiger partial charge in [-0.25, -0.2) is 4.68 Å². The van der Waals surface area contributed by atoms with Crippen LogP contribution in [0.15, 0.2) is 16.9 Å². The van der Waals surface area contributed by atoms with Crippen molar-refractivity contribution in [2.45, 2.75) is 70.5 Å². The van der Waals surface area contributed by atoms with Crippen LogP contribution in [0.1, 0.15) is 54.6 Å². The van der Waals surface area contributed by atoms with Crippen molar-refractivity contribution in [3.05, 3.63) is 45.0 Å². The van der Waals surface area contributed by atoms with E-state index in [0.717, 1.165) is 74.8 Å². The van der Waals surface area contributed by atoms with Crippen molar-refractivity contribution >= 4 is 5.82 Å². The second-order valence-corrected chi connectivity index (χ2v) is 9.64. The van der Waals surface area contributed by atoms with E-state index in [0.29, 0.717) is 12.6 Å². The van der Waals surface area contributed by atoms with Gasteiger partial charge in [0.1, 0.15) is 5.82 Å². The fraction of sp³-hybridized carbons (Fsp3) is 0.667. The van der Waals surface area contributed by atoms with Crippen molar-refractivity contribution < 1.29 is 0 Å². The highest BCUT2D eigenvalue weighted by Gasteiger charge is 2.23. The van der Waals surface area contributed by atoms with Gasteiger partial charge in [0.2, 0.25) is 0 Å². The van der Waals surface area contributed by atoms with Gasteiger partial charge in [-0.15, -0.1) is 5.10 Å². The zero-order valence-corrected chi connectivity index (χ0v) is 19.2. The Kier molecular flexibility index (Phi) is 6.50. The third-order valence-corrected chi connectivity index (χ3v) is 7.27. The minimum Gasteiger partial charge on any atom is -0.367 e. The standard InChI is InChI=1S/C24H35N7O/c1-29-11-9-21-19(17-29)14-23(27-26-21)25-16-20-7-4-5-10-30(20)12-13-31-24(32)15-18-6-2-3-8-22(18)28-31/h14-15,20H,2-13,16-17H2,1H3,(H,25,27). The van der Waals surface area contributed by atoms with E-state index in [1.54, 1.807) is 4.68 Å². The summed E-state index contributed by atoms with van der Waals surface area (Å²) in [7, 11) is 2.15. The molecule has 0 saturated carbocycles. The van der Waals surface area contributed by atoms with Gasteiger partial charge >= 0.3 is 0 Å². The summed E-state index contributed by atoms with van der Waals surface area (Å²) in [6, 6.07) is 4.43. The van der Waals surface area contributed by atoms with Gasteiger partial charge in [-0.05, 0) is 69.3 Å². The van der Waals surface area contributed by atoms with Gasteiger partial charge in [-0.1, -0.05) is 6.42 Å². The summed E-state index contributed by atoms with van der Waals surface area (Å²) < 4.78 is 1.69. The number of likely N-dealkylation sites (tertiary alicyclic amines) is 1. The molecule has 2 aromatic heterocycles. The van der Waals surface area contributed by atoms with Crippen molar-refractivity contribution in [2.75, 3.05) is 38.5 Å². The second kappa shape index (κ2) is 9.67. The van der Waals surface area contributed by atoms with Crippen molar-refractivity contribution in [2.24, 2.45) is 0 Å². The topological polar surface area (TPSA) is 79.2 Å². The summed E-state index contributed by atoms with van der Waals surface area (Å²) in [5, 5.41) is 17.1. The van der Waals surface area contributed by atoms with Gasteiger partial charge in [-0.2, -0.15) is 10.2 Å². The Labute approximate surface area is 190 Å². The van der Waals surface area contributed by atoms with Crippen LogP contribution in [-0.4, -0.2) is 69.0 Å². The normalized spacial score (nSPS) is 21.7. The Morgan fingerprint density at radius 2 is 1.88 bits per heavy atom. The quantitative estimate of drug-likeness (QED) is 0.739. The molecule has 0 aromatic carbocycles. The number of hydrogen-bond acceptors (Lipinski definition) is 7. The molecule has 8 heteroatoms. The zero-order chi connectivity index (χ0) is 21.9. The van der Waals surface area contributed by atoms with Crippen LogP contribution in [0.2, 0.25) is 0 Å². The van der Waals surface area contributed by atoms with E-state index >= 15 is 0 Å². The number of nitrogens with zero attached hydrogens (tertiary/aromatic N) is 6. The highest BCUT2D eigenvalue weighted by atomic mass is 16.1. The number of aryl methyl sites for hydroxylation is 2. The second-order valence-electron chi connectivity index (χ2n) is 9.64. The number of rotatable bonds is 6. The molecule has 1 aliphatic carbocycles. The molecular formula is C24H35N7O. The maximum atomic E-state index is 12.5. The minimum absolute atomic E-state index is 0.0478. The van der Waals surface area contributed by atoms with E-state index in [9.17, 15) is 4.79 Å². The third-order valence-electron chi connectivity index (χ3n) is 7.27. The van der Waals surface area contributed by atoms with Gasteiger partial charge in [0, 0.05) is 44.7 Å². The van der Waals surface area contributed by atoms with Crippen LogP contribution in [0.3, 0.4) is 0 Å². The number of aromatic nitrogens is 4. The fourth-order valence-corrected chi connectivity index (χ4v) is 5.35. The van der Waals surface area contributed by atoms with Crippen LogP contribution in [-0.2, 0) is 32.4 Å². The van der Waals surface area contributed by atoms with Gasteiger partial charge in [0.25, 0.3) is 5.56 Å². The fourth-order valence-electron chi connectivity index (χ4n) is 5.35. The Morgan fingerprint density at radius 1 is 0.969 bits per heavy atom. The molecule has 1 saturated heterocycles. The lowest BCUT2D eigenvalue weighted by atomic mass is 9.97. The van der Waals surface area contributed by atoms with Gasteiger partial charge < -0.3 is 10.2 Å². The lowest BCUT2D eigenvalue weighted by Crippen LogP contribution is -2.46.